The number of benzene rings is 2. The van der Waals surface area contributed by atoms with Gasteiger partial charge in [-0.05, 0) is 108 Å². The normalized spacial score (nSPS) is 17.9. The van der Waals surface area contributed by atoms with Gasteiger partial charge in [0.2, 0.25) is 0 Å². The van der Waals surface area contributed by atoms with Gasteiger partial charge in [0.1, 0.15) is 23.4 Å². The molecule has 3 heterocycles. The van der Waals surface area contributed by atoms with Crippen LogP contribution in [0.5, 0.6) is 0 Å². The van der Waals surface area contributed by atoms with Gasteiger partial charge in [0.15, 0.2) is 5.11 Å². The molecule has 1 N–H and O–H groups in total. The Bertz CT molecular complexity index is 1320. The fourth-order valence-electron chi connectivity index (χ4n) is 4.36. The van der Waals surface area contributed by atoms with E-state index in [4.69, 9.17) is 16.6 Å². The van der Waals surface area contributed by atoms with Gasteiger partial charge in [-0.2, -0.15) is 0 Å². The minimum Gasteiger partial charge on any atom is -0.459 e. The summed E-state index contributed by atoms with van der Waals surface area (Å²) >= 11 is 9.24. The third-order valence-corrected chi connectivity index (χ3v) is 6.67. The molecule has 1 saturated heterocycles. The van der Waals surface area contributed by atoms with E-state index in [-0.39, 0.29) is 17.9 Å². The first-order valence-corrected chi connectivity index (χ1v) is 11.7. The summed E-state index contributed by atoms with van der Waals surface area (Å²) in [5.41, 5.74) is 4.96. The van der Waals surface area contributed by atoms with Crippen molar-refractivity contribution in [1.29, 1.82) is 0 Å². The van der Waals surface area contributed by atoms with Crippen molar-refractivity contribution in [2.24, 2.45) is 0 Å². The third kappa shape index (κ3) is 4.18. The molecule has 5 rings (SSSR count). The molecule has 0 aliphatic carbocycles. The zero-order valence-electron chi connectivity index (χ0n) is 18.0. The fraction of sp³-hybridized carbons (Fsp3) is 0.154. The summed E-state index contributed by atoms with van der Waals surface area (Å²) in [4.78, 5) is 6.68. The van der Waals surface area contributed by atoms with Gasteiger partial charge >= 0.3 is 0 Å². The molecule has 2 atom stereocenters. The third-order valence-electron chi connectivity index (χ3n) is 5.70. The quantitative estimate of drug-likeness (QED) is 0.291. The van der Waals surface area contributed by atoms with E-state index < -0.39 is 0 Å². The van der Waals surface area contributed by atoms with Crippen LogP contribution in [0.4, 0.5) is 10.1 Å². The standard InChI is InChI=1S/C26H21BrFN3OS/c1-15-11-16(2)13-18(12-15)31-25(24(30-26(31)33)21-5-3-4-10-29-21)23-9-8-22(32-23)19-7-6-17(28)14-20(19)27/h3-14,24-25H,1-2H3,(H,30,33)/t24-,25+/m0/s1. The fourth-order valence-corrected chi connectivity index (χ4v) is 5.25. The second-order valence-electron chi connectivity index (χ2n) is 8.17. The molecule has 1 aliphatic heterocycles. The lowest BCUT2D eigenvalue weighted by Gasteiger charge is -2.26. The molecule has 7 heteroatoms. The zero-order chi connectivity index (χ0) is 23.1. The molecule has 2 aromatic heterocycles. The summed E-state index contributed by atoms with van der Waals surface area (Å²) in [7, 11) is 0. The van der Waals surface area contributed by atoms with Gasteiger partial charge in [-0.25, -0.2) is 4.39 Å². The van der Waals surface area contributed by atoms with Crippen LogP contribution in [-0.2, 0) is 0 Å². The lowest BCUT2D eigenvalue weighted by Crippen LogP contribution is -2.29. The number of aryl methyl sites for hydroxylation is 2. The number of thiocarbonyl (C=S) groups is 1. The molecule has 1 aliphatic rings. The van der Waals surface area contributed by atoms with E-state index in [1.54, 1.807) is 12.3 Å². The van der Waals surface area contributed by atoms with E-state index in [2.05, 4.69) is 63.2 Å². The first kappa shape index (κ1) is 21.8. The topological polar surface area (TPSA) is 41.3 Å². The van der Waals surface area contributed by atoms with E-state index >= 15 is 0 Å². The monoisotopic (exact) mass is 521 g/mol. The van der Waals surface area contributed by atoms with Crippen molar-refractivity contribution >= 4 is 38.9 Å². The largest absolute Gasteiger partial charge is 0.459 e. The van der Waals surface area contributed by atoms with Crippen molar-refractivity contribution in [3.63, 3.8) is 0 Å². The van der Waals surface area contributed by atoms with Crippen LogP contribution in [0.3, 0.4) is 0 Å². The van der Waals surface area contributed by atoms with Crippen molar-refractivity contribution in [3.8, 4) is 11.3 Å². The highest BCUT2D eigenvalue weighted by atomic mass is 79.9. The molecule has 0 spiro atoms. The number of aromatic nitrogens is 1. The number of hydrogen-bond acceptors (Lipinski definition) is 3. The van der Waals surface area contributed by atoms with E-state index in [0.29, 0.717) is 15.3 Å². The van der Waals surface area contributed by atoms with Gasteiger partial charge in [0, 0.05) is 21.9 Å². The van der Waals surface area contributed by atoms with Crippen LogP contribution < -0.4 is 10.2 Å². The highest BCUT2D eigenvalue weighted by molar-refractivity contribution is 9.10. The van der Waals surface area contributed by atoms with Crippen LogP contribution in [-0.4, -0.2) is 10.1 Å². The van der Waals surface area contributed by atoms with Gasteiger partial charge in [-0.3, -0.25) is 4.98 Å². The highest BCUT2D eigenvalue weighted by Crippen LogP contribution is 2.43. The minimum atomic E-state index is -0.307. The van der Waals surface area contributed by atoms with Crippen molar-refractivity contribution in [2.75, 3.05) is 4.90 Å². The summed E-state index contributed by atoms with van der Waals surface area (Å²) < 4.78 is 20.6. The zero-order valence-corrected chi connectivity index (χ0v) is 20.5. The van der Waals surface area contributed by atoms with Crippen LogP contribution in [0.15, 0.2) is 81.8 Å². The van der Waals surface area contributed by atoms with Gasteiger partial charge < -0.3 is 14.6 Å². The number of hydrogen-bond donors (Lipinski definition) is 1. The van der Waals surface area contributed by atoms with Crippen LogP contribution in [0, 0.1) is 19.7 Å². The summed E-state index contributed by atoms with van der Waals surface area (Å²) in [5.74, 6) is 1.08. The van der Waals surface area contributed by atoms with E-state index in [1.165, 1.54) is 12.1 Å². The van der Waals surface area contributed by atoms with Crippen LogP contribution >= 0.6 is 28.1 Å². The van der Waals surface area contributed by atoms with Gasteiger partial charge in [0.05, 0.1) is 11.7 Å². The lowest BCUT2D eigenvalue weighted by atomic mass is 10.0. The Balaban J connectivity index is 1.62. The summed E-state index contributed by atoms with van der Waals surface area (Å²) in [6, 6.07) is 20.2. The number of furan rings is 1. The highest BCUT2D eigenvalue weighted by Gasteiger charge is 2.42. The molecule has 1 fully saturated rings. The number of pyridine rings is 1. The average molecular weight is 522 g/mol. The first-order chi connectivity index (χ1) is 15.9. The SMILES string of the molecule is Cc1cc(C)cc(N2C(=S)N[C@@H](c3ccccn3)[C@H]2c2ccc(-c3ccc(F)cc3Br)o2)c1. The molecule has 166 valence electrons. The summed E-state index contributed by atoms with van der Waals surface area (Å²) in [6.45, 7) is 4.15. The Morgan fingerprint density at radius 1 is 1.03 bits per heavy atom. The molecule has 4 nitrogen and oxygen atoms in total. The maximum absolute atomic E-state index is 13.6. The van der Waals surface area contributed by atoms with E-state index in [9.17, 15) is 4.39 Å². The Morgan fingerprint density at radius 2 is 1.82 bits per heavy atom. The second kappa shape index (κ2) is 8.72. The van der Waals surface area contributed by atoms with Crippen LogP contribution in [0.1, 0.15) is 34.7 Å². The van der Waals surface area contributed by atoms with Gasteiger partial charge in [-0.1, -0.05) is 12.1 Å². The van der Waals surface area contributed by atoms with E-state index in [1.807, 2.05) is 30.3 Å². The molecule has 0 amide bonds. The van der Waals surface area contributed by atoms with Crippen molar-refractivity contribution in [1.82, 2.24) is 10.3 Å². The van der Waals surface area contributed by atoms with Gasteiger partial charge in [-0.15, -0.1) is 0 Å². The summed E-state index contributed by atoms with van der Waals surface area (Å²) in [5, 5.41) is 4.06. The molecule has 0 bridgehead atoms. The van der Waals surface area contributed by atoms with Crippen molar-refractivity contribution in [2.45, 2.75) is 25.9 Å². The maximum atomic E-state index is 13.6. The number of halogens is 2. The lowest BCUT2D eigenvalue weighted by molar-refractivity contribution is 0.439. The Hall–Kier alpha value is -3.03. The molecule has 0 unspecified atom stereocenters. The van der Waals surface area contributed by atoms with Crippen LogP contribution in [0.25, 0.3) is 11.3 Å². The molecule has 4 aromatic rings. The van der Waals surface area contributed by atoms with Crippen molar-refractivity contribution in [3.05, 3.63) is 106 Å². The molecule has 2 aromatic carbocycles. The first-order valence-electron chi connectivity index (χ1n) is 10.5. The number of rotatable bonds is 4. The minimum absolute atomic E-state index is 0.199. The second-order valence-corrected chi connectivity index (χ2v) is 9.41. The number of nitrogens with zero attached hydrogens (tertiary/aromatic N) is 2. The predicted molar refractivity (Wildman–Crippen MR) is 136 cm³/mol. The Morgan fingerprint density at radius 3 is 2.52 bits per heavy atom. The van der Waals surface area contributed by atoms with E-state index in [0.717, 1.165) is 33.8 Å². The smallest absolute Gasteiger partial charge is 0.174 e. The average Bonchev–Trinajstić information content (AvgIpc) is 3.38. The molecule has 0 saturated carbocycles. The van der Waals surface area contributed by atoms with Crippen molar-refractivity contribution < 1.29 is 8.81 Å². The Labute approximate surface area is 205 Å². The maximum Gasteiger partial charge on any atom is 0.174 e. The van der Waals surface area contributed by atoms with Gasteiger partial charge in [0.25, 0.3) is 0 Å². The number of anilines is 1. The number of nitrogens with one attached hydrogen (secondary N) is 1. The van der Waals surface area contributed by atoms with Crippen LogP contribution in [0.2, 0.25) is 0 Å². The Kier molecular flexibility index (Phi) is 5.76. The predicted octanol–water partition coefficient (Wildman–Crippen LogP) is 7.04. The molecular formula is C26H21BrFN3OS. The summed E-state index contributed by atoms with van der Waals surface area (Å²) in [6.07, 6.45) is 1.78. The molecular weight excluding hydrogens is 501 g/mol. The molecule has 33 heavy (non-hydrogen) atoms. The molecule has 0 radical (unpaired) electrons.